The van der Waals surface area contributed by atoms with Crippen LogP contribution in [0, 0.1) is 11.3 Å². The zero-order valence-corrected chi connectivity index (χ0v) is 14.1. The summed E-state index contributed by atoms with van der Waals surface area (Å²) in [6.45, 7) is 8.84. The molecule has 0 spiro atoms. The second kappa shape index (κ2) is 7.41. The number of hydrogen-bond donors (Lipinski definition) is 0. The predicted octanol–water partition coefficient (Wildman–Crippen LogP) is 2.17. The van der Waals surface area contributed by atoms with E-state index < -0.39 is 0 Å². The van der Waals surface area contributed by atoms with Gasteiger partial charge in [0.05, 0.1) is 5.69 Å². The Morgan fingerprint density at radius 1 is 1.21 bits per heavy atom. The largest absolute Gasteiger partial charge is 0.448 e. The lowest BCUT2D eigenvalue weighted by Crippen LogP contribution is -2.31. The Kier molecular flexibility index (Phi) is 5.06. The van der Waals surface area contributed by atoms with Crippen molar-refractivity contribution in [1.29, 1.82) is 5.26 Å². The van der Waals surface area contributed by atoms with Crippen LogP contribution in [0.15, 0.2) is 22.9 Å². The maximum absolute atomic E-state index is 8.82. The van der Waals surface area contributed by atoms with Crippen LogP contribution in [0.1, 0.15) is 43.3 Å². The van der Waals surface area contributed by atoms with Gasteiger partial charge in [0.1, 0.15) is 11.8 Å². The van der Waals surface area contributed by atoms with Crippen molar-refractivity contribution in [3.05, 3.63) is 35.7 Å². The van der Waals surface area contributed by atoms with Gasteiger partial charge in [0, 0.05) is 38.6 Å². The van der Waals surface area contributed by atoms with Gasteiger partial charge in [-0.2, -0.15) is 5.26 Å². The van der Waals surface area contributed by atoms with Gasteiger partial charge in [-0.15, -0.1) is 10.2 Å². The maximum atomic E-state index is 8.82. The number of nitriles is 1. The van der Waals surface area contributed by atoms with Crippen LogP contribution in [-0.2, 0) is 6.54 Å². The van der Waals surface area contributed by atoms with Crippen LogP contribution in [0.2, 0.25) is 0 Å². The first-order valence-electron chi connectivity index (χ1n) is 8.30. The molecule has 0 saturated carbocycles. The van der Waals surface area contributed by atoms with Crippen molar-refractivity contribution in [2.45, 2.75) is 32.7 Å². The molecule has 0 unspecified atom stereocenters. The number of hydrogen-bond acceptors (Lipinski definition) is 7. The molecule has 24 heavy (non-hydrogen) atoms. The molecule has 0 N–H and O–H groups in total. The highest BCUT2D eigenvalue weighted by atomic mass is 16.3. The molecule has 2 aromatic heterocycles. The van der Waals surface area contributed by atoms with Gasteiger partial charge in [-0.25, -0.2) is 4.98 Å². The van der Waals surface area contributed by atoms with E-state index >= 15 is 0 Å². The van der Waals surface area contributed by atoms with Gasteiger partial charge in [-0.1, -0.05) is 13.8 Å². The molecular weight excluding hydrogens is 304 g/mol. The van der Waals surface area contributed by atoms with Crippen molar-refractivity contribution >= 4 is 5.82 Å². The van der Waals surface area contributed by atoms with E-state index in [1.54, 1.807) is 12.5 Å². The molecule has 1 saturated heterocycles. The first-order valence-corrected chi connectivity index (χ1v) is 8.30. The number of nitrogens with zero attached hydrogens (tertiary/aromatic N) is 6. The molecule has 0 aromatic carbocycles. The molecule has 1 aliphatic heterocycles. The van der Waals surface area contributed by atoms with E-state index in [2.05, 4.69) is 38.8 Å². The predicted molar refractivity (Wildman–Crippen MR) is 89.4 cm³/mol. The molecule has 2 aromatic rings. The van der Waals surface area contributed by atoms with Crippen molar-refractivity contribution in [3.8, 4) is 6.07 Å². The fourth-order valence-electron chi connectivity index (χ4n) is 2.99. The summed E-state index contributed by atoms with van der Waals surface area (Å²) < 4.78 is 5.52. The third kappa shape index (κ3) is 3.71. The monoisotopic (exact) mass is 326 g/mol. The minimum atomic E-state index is 0.347. The van der Waals surface area contributed by atoms with Gasteiger partial charge in [0.25, 0.3) is 0 Å². The molecule has 1 fully saturated rings. The fourth-order valence-corrected chi connectivity index (χ4v) is 2.99. The average Bonchev–Trinajstić information content (AvgIpc) is 2.93. The van der Waals surface area contributed by atoms with E-state index in [4.69, 9.17) is 9.68 Å². The molecule has 0 aliphatic carbocycles. The second-order valence-corrected chi connectivity index (χ2v) is 6.32. The Morgan fingerprint density at radius 3 is 2.79 bits per heavy atom. The maximum Gasteiger partial charge on any atom is 0.181 e. The summed E-state index contributed by atoms with van der Waals surface area (Å²) in [5, 5.41) is 16.9. The van der Waals surface area contributed by atoms with E-state index in [1.165, 1.54) is 0 Å². The van der Waals surface area contributed by atoms with Gasteiger partial charge in [0.15, 0.2) is 17.9 Å². The Labute approximate surface area is 141 Å². The SMILES string of the molecule is CC(C)c1ocnc1CN1CCCN(c2ccc(C#N)nn2)CC1. The average molecular weight is 326 g/mol. The minimum Gasteiger partial charge on any atom is -0.448 e. The first kappa shape index (κ1) is 16.4. The molecule has 0 bridgehead atoms. The van der Waals surface area contributed by atoms with Gasteiger partial charge in [0.2, 0.25) is 0 Å². The number of oxazole rings is 1. The van der Waals surface area contributed by atoms with Crippen LogP contribution in [0.3, 0.4) is 0 Å². The molecule has 0 amide bonds. The third-order valence-electron chi connectivity index (χ3n) is 4.25. The van der Waals surface area contributed by atoms with Crippen molar-refractivity contribution < 1.29 is 4.42 Å². The number of anilines is 1. The molecule has 126 valence electrons. The Bertz CT molecular complexity index is 703. The van der Waals surface area contributed by atoms with E-state index in [1.807, 2.05) is 12.1 Å². The summed E-state index contributed by atoms with van der Waals surface area (Å²) in [6.07, 6.45) is 2.59. The van der Waals surface area contributed by atoms with Crippen molar-refractivity contribution in [1.82, 2.24) is 20.1 Å². The smallest absolute Gasteiger partial charge is 0.181 e. The summed E-state index contributed by atoms with van der Waals surface area (Å²) in [5.74, 6) is 2.16. The minimum absolute atomic E-state index is 0.347. The quantitative estimate of drug-likeness (QED) is 0.851. The van der Waals surface area contributed by atoms with Crippen molar-refractivity contribution in [2.75, 3.05) is 31.1 Å². The summed E-state index contributed by atoms with van der Waals surface area (Å²) in [5.41, 5.74) is 1.39. The lowest BCUT2D eigenvalue weighted by atomic mass is 10.1. The summed E-state index contributed by atoms with van der Waals surface area (Å²) in [4.78, 5) is 9.01. The first-order chi connectivity index (χ1) is 11.7. The zero-order valence-electron chi connectivity index (χ0n) is 14.1. The van der Waals surface area contributed by atoms with Crippen molar-refractivity contribution in [3.63, 3.8) is 0 Å². The Balaban J connectivity index is 1.62. The summed E-state index contributed by atoms with van der Waals surface area (Å²) >= 11 is 0. The van der Waals surface area contributed by atoms with Crippen LogP contribution in [-0.4, -0.2) is 46.3 Å². The topological polar surface area (TPSA) is 82.1 Å². The molecule has 0 atom stereocenters. The fraction of sp³-hybridized carbons (Fsp3) is 0.529. The highest BCUT2D eigenvalue weighted by molar-refractivity contribution is 5.39. The summed E-state index contributed by atoms with van der Waals surface area (Å²) in [6, 6.07) is 5.59. The van der Waals surface area contributed by atoms with Crippen LogP contribution < -0.4 is 4.90 Å². The van der Waals surface area contributed by atoms with Crippen LogP contribution in [0.5, 0.6) is 0 Å². The van der Waals surface area contributed by atoms with Gasteiger partial charge in [-0.05, 0) is 18.6 Å². The Hall–Kier alpha value is -2.46. The van der Waals surface area contributed by atoms with Crippen LogP contribution in [0.4, 0.5) is 5.82 Å². The van der Waals surface area contributed by atoms with E-state index in [-0.39, 0.29) is 0 Å². The molecule has 7 nitrogen and oxygen atoms in total. The standard InChI is InChI=1S/C17H22N6O/c1-13(2)17-15(19-12-24-17)11-22-6-3-7-23(9-8-22)16-5-4-14(10-18)20-21-16/h4-5,12-13H,3,6-9,11H2,1-2H3. The van der Waals surface area contributed by atoms with E-state index in [0.29, 0.717) is 11.6 Å². The number of rotatable bonds is 4. The lowest BCUT2D eigenvalue weighted by molar-refractivity contribution is 0.279. The van der Waals surface area contributed by atoms with E-state index in [9.17, 15) is 0 Å². The lowest BCUT2D eigenvalue weighted by Gasteiger charge is -2.22. The number of aromatic nitrogens is 3. The van der Waals surface area contributed by atoms with Gasteiger partial charge >= 0.3 is 0 Å². The molecule has 3 heterocycles. The van der Waals surface area contributed by atoms with E-state index in [0.717, 1.165) is 56.4 Å². The van der Waals surface area contributed by atoms with Gasteiger partial charge < -0.3 is 9.32 Å². The van der Waals surface area contributed by atoms with Gasteiger partial charge in [-0.3, -0.25) is 4.90 Å². The molecule has 0 radical (unpaired) electrons. The molecule has 1 aliphatic rings. The van der Waals surface area contributed by atoms with Crippen LogP contribution in [0.25, 0.3) is 0 Å². The molecular formula is C17H22N6O. The third-order valence-corrected chi connectivity index (χ3v) is 4.25. The molecule has 7 heteroatoms. The normalized spacial score (nSPS) is 16.2. The molecule has 3 rings (SSSR count). The summed E-state index contributed by atoms with van der Waals surface area (Å²) in [7, 11) is 0. The second-order valence-electron chi connectivity index (χ2n) is 6.32. The zero-order chi connectivity index (χ0) is 16.9. The van der Waals surface area contributed by atoms with Crippen LogP contribution >= 0.6 is 0 Å². The van der Waals surface area contributed by atoms with Crippen molar-refractivity contribution in [2.24, 2.45) is 0 Å². The highest BCUT2D eigenvalue weighted by Gasteiger charge is 2.20. The Morgan fingerprint density at radius 2 is 2.08 bits per heavy atom. The highest BCUT2D eigenvalue weighted by Crippen LogP contribution is 2.21.